The van der Waals surface area contributed by atoms with Crippen molar-refractivity contribution in [2.24, 2.45) is 0 Å². The Labute approximate surface area is 128 Å². The van der Waals surface area contributed by atoms with Gasteiger partial charge in [0.1, 0.15) is 0 Å². The first-order chi connectivity index (χ1) is 9.95. The maximum absolute atomic E-state index is 9.18. The summed E-state index contributed by atoms with van der Waals surface area (Å²) in [4.78, 5) is 0. The first-order valence-corrected chi connectivity index (χ1v) is 7.61. The van der Waals surface area contributed by atoms with Gasteiger partial charge in [0.25, 0.3) is 0 Å². The van der Waals surface area contributed by atoms with Gasteiger partial charge in [-0.25, -0.2) is 0 Å². The lowest BCUT2D eigenvalue weighted by atomic mass is 9.87. The van der Waals surface area contributed by atoms with E-state index in [0.717, 1.165) is 5.69 Å². The Hall–Kier alpha value is -1.44. The minimum Gasteiger partial charge on any atom is -0.395 e. The normalized spacial score (nSPS) is 12.1. The van der Waals surface area contributed by atoms with Crippen LogP contribution in [-0.4, -0.2) is 48.9 Å². The molecule has 7 heteroatoms. The molecule has 0 radical (unpaired) electrons. The van der Waals surface area contributed by atoms with Gasteiger partial charge in [0.2, 0.25) is 5.16 Å². The molecular weight excluding hydrogens is 288 g/mol. The van der Waals surface area contributed by atoms with E-state index in [0.29, 0.717) is 5.16 Å². The summed E-state index contributed by atoms with van der Waals surface area (Å²) in [5.41, 5.74) is 2.09. The number of aliphatic hydroxyl groups excluding tert-OH is 2. The maximum Gasteiger partial charge on any atom is 0.214 e. The predicted molar refractivity (Wildman–Crippen MR) is 81.7 cm³/mol. The second kappa shape index (κ2) is 6.55. The predicted octanol–water partition coefficient (Wildman–Crippen LogP) is 1.41. The van der Waals surface area contributed by atoms with Gasteiger partial charge in [-0.3, -0.25) is 0 Å². The van der Waals surface area contributed by atoms with E-state index in [4.69, 9.17) is 0 Å². The van der Waals surface area contributed by atoms with Gasteiger partial charge in [-0.1, -0.05) is 44.7 Å². The second-order valence-electron chi connectivity index (χ2n) is 5.78. The Morgan fingerprint density at radius 3 is 2.57 bits per heavy atom. The summed E-state index contributed by atoms with van der Waals surface area (Å²) < 4.78 is 1.62. The Bertz CT molecular complexity index is 591. The quantitative estimate of drug-likeness (QED) is 0.812. The summed E-state index contributed by atoms with van der Waals surface area (Å²) in [6.07, 6.45) is 0. The van der Waals surface area contributed by atoms with Crippen molar-refractivity contribution in [2.75, 3.05) is 13.2 Å². The molecule has 0 aliphatic heterocycles. The zero-order chi connectivity index (χ0) is 15.5. The molecule has 1 aromatic heterocycles. The Balaban J connectivity index is 2.33. The highest BCUT2D eigenvalue weighted by molar-refractivity contribution is 7.99. The molecule has 2 N–H and O–H groups in total. The van der Waals surface area contributed by atoms with Crippen LogP contribution in [0.15, 0.2) is 29.4 Å². The third kappa shape index (κ3) is 3.81. The average molecular weight is 308 g/mol. The Morgan fingerprint density at radius 2 is 1.95 bits per heavy atom. The molecule has 0 unspecified atom stereocenters. The molecule has 0 spiro atoms. The molecule has 21 heavy (non-hydrogen) atoms. The first kappa shape index (κ1) is 15.9. The largest absolute Gasteiger partial charge is 0.395 e. The molecule has 2 aromatic rings. The van der Waals surface area contributed by atoms with E-state index < -0.39 is 0 Å². The highest BCUT2D eigenvalue weighted by atomic mass is 32.2. The fourth-order valence-electron chi connectivity index (χ4n) is 1.80. The zero-order valence-corrected chi connectivity index (χ0v) is 13.2. The van der Waals surface area contributed by atoms with Gasteiger partial charge in [-0.15, -0.1) is 5.10 Å². The standard InChI is InChI=1S/C14H20N4O2S/c1-14(2,3)10-5-4-6-11(7-10)18-13(15-16-17-18)21-12(8-19)9-20/h4-7,12,19-20H,8-9H2,1-3H3. The molecule has 0 bridgehead atoms. The van der Waals surface area contributed by atoms with Gasteiger partial charge in [0, 0.05) is 0 Å². The lowest BCUT2D eigenvalue weighted by Crippen LogP contribution is -2.15. The van der Waals surface area contributed by atoms with Crippen molar-refractivity contribution in [3.05, 3.63) is 29.8 Å². The molecule has 0 saturated carbocycles. The topological polar surface area (TPSA) is 84.1 Å². The van der Waals surface area contributed by atoms with Gasteiger partial charge in [-0.05, 0) is 33.5 Å². The number of tetrazole rings is 1. The molecule has 2 rings (SSSR count). The average Bonchev–Trinajstić information content (AvgIpc) is 2.92. The van der Waals surface area contributed by atoms with Crippen molar-refractivity contribution >= 4 is 11.8 Å². The van der Waals surface area contributed by atoms with Crippen LogP contribution in [0.5, 0.6) is 0 Å². The smallest absolute Gasteiger partial charge is 0.214 e. The lowest BCUT2D eigenvalue weighted by Gasteiger charge is -2.19. The highest BCUT2D eigenvalue weighted by Gasteiger charge is 2.18. The molecule has 0 fully saturated rings. The van der Waals surface area contributed by atoms with Crippen molar-refractivity contribution in [1.82, 2.24) is 20.2 Å². The van der Waals surface area contributed by atoms with E-state index in [1.54, 1.807) is 4.68 Å². The van der Waals surface area contributed by atoms with Crippen LogP contribution in [0.3, 0.4) is 0 Å². The van der Waals surface area contributed by atoms with Crippen LogP contribution in [0.1, 0.15) is 26.3 Å². The molecule has 6 nitrogen and oxygen atoms in total. The monoisotopic (exact) mass is 308 g/mol. The minimum absolute atomic E-state index is 0.0378. The zero-order valence-electron chi connectivity index (χ0n) is 12.4. The highest BCUT2D eigenvalue weighted by Crippen LogP contribution is 2.26. The lowest BCUT2D eigenvalue weighted by molar-refractivity contribution is 0.228. The third-order valence-electron chi connectivity index (χ3n) is 3.08. The number of thioether (sulfide) groups is 1. The molecule has 1 aromatic carbocycles. The molecule has 114 valence electrons. The van der Waals surface area contributed by atoms with Gasteiger partial charge < -0.3 is 10.2 Å². The molecule has 0 aliphatic carbocycles. The SMILES string of the molecule is CC(C)(C)c1cccc(-n2nnnc2SC(CO)CO)c1. The van der Waals surface area contributed by atoms with Crippen molar-refractivity contribution < 1.29 is 10.2 Å². The molecular formula is C14H20N4O2S. The first-order valence-electron chi connectivity index (χ1n) is 6.73. The van der Waals surface area contributed by atoms with Crippen LogP contribution in [0.2, 0.25) is 0 Å². The summed E-state index contributed by atoms with van der Waals surface area (Å²) >= 11 is 1.26. The van der Waals surface area contributed by atoms with E-state index >= 15 is 0 Å². The third-order valence-corrected chi connectivity index (χ3v) is 4.17. The molecule has 1 heterocycles. The van der Waals surface area contributed by atoms with E-state index in [-0.39, 0.29) is 23.9 Å². The summed E-state index contributed by atoms with van der Waals surface area (Å²) in [6, 6.07) is 8.03. The molecule has 0 aliphatic rings. The number of aromatic nitrogens is 4. The fraction of sp³-hybridized carbons (Fsp3) is 0.500. The van der Waals surface area contributed by atoms with Gasteiger partial charge in [0.15, 0.2) is 0 Å². The van der Waals surface area contributed by atoms with Crippen LogP contribution in [0.4, 0.5) is 0 Å². The molecule has 0 saturated heterocycles. The summed E-state index contributed by atoms with van der Waals surface area (Å²) in [5, 5.41) is 30.2. The van der Waals surface area contributed by atoms with Crippen LogP contribution in [-0.2, 0) is 5.41 Å². The van der Waals surface area contributed by atoms with E-state index in [1.165, 1.54) is 17.3 Å². The molecule has 0 atom stereocenters. The van der Waals surface area contributed by atoms with Crippen molar-refractivity contribution in [1.29, 1.82) is 0 Å². The number of nitrogens with zero attached hydrogens (tertiary/aromatic N) is 4. The van der Waals surface area contributed by atoms with Crippen LogP contribution >= 0.6 is 11.8 Å². The van der Waals surface area contributed by atoms with E-state index in [9.17, 15) is 10.2 Å². The number of rotatable bonds is 5. The number of aliphatic hydroxyl groups is 2. The van der Waals surface area contributed by atoms with Crippen molar-refractivity contribution in [2.45, 2.75) is 36.6 Å². The maximum atomic E-state index is 9.18. The fourth-order valence-corrected chi connectivity index (χ4v) is 2.57. The van der Waals surface area contributed by atoms with E-state index in [1.807, 2.05) is 18.2 Å². The summed E-state index contributed by atoms with van der Waals surface area (Å²) in [6.45, 7) is 6.19. The van der Waals surface area contributed by atoms with Gasteiger partial charge in [0.05, 0.1) is 24.2 Å². The van der Waals surface area contributed by atoms with Crippen molar-refractivity contribution in [3.63, 3.8) is 0 Å². The van der Waals surface area contributed by atoms with Gasteiger partial charge in [-0.2, -0.15) is 4.68 Å². The Morgan fingerprint density at radius 1 is 1.24 bits per heavy atom. The number of benzene rings is 1. The van der Waals surface area contributed by atoms with E-state index in [2.05, 4.69) is 42.4 Å². The number of hydrogen-bond acceptors (Lipinski definition) is 6. The van der Waals surface area contributed by atoms with Crippen LogP contribution in [0, 0.1) is 0 Å². The summed E-state index contributed by atoms with van der Waals surface area (Å²) in [5.74, 6) is 0. The Kier molecular flexibility index (Phi) is 4.97. The van der Waals surface area contributed by atoms with Gasteiger partial charge >= 0.3 is 0 Å². The summed E-state index contributed by atoms with van der Waals surface area (Å²) in [7, 11) is 0. The minimum atomic E-state index is -0.333. The second-order valence-corrected chi connectivity index (χ2v) is 7.05. The van der Waals surface area contributed by atoms with Crippen LogP contribution in [0.25, 0.3) is 5.69 Å². The molecule has 0 amide bonds. The van der Waals surface area contributed by atoms with Crippen molar-refractivity contribution in [3.8, 4) is 5.69 Å². The number of hydrogen-bond donors (Lipinski definition) is 2. The van der Waals surface area contributed by atoms with Crippen LogP contribution < -0.4 is 0 Å².